The van der Waals surface area contributed by atoms with Crippen molar-refractivity contribution in [3.8, 4) is 0 Å². The Morgan fingerprint density at radius 1 is 1.20 bits per heavy atom. The number of fused-ring (bicyclic) bond motifs is 1. The van der Waals surface area contributed by atoms with Crippen molar-refractivity contribution < 1.29 is 14.4 Å². The Morgan fingerprint density at radius 3 is 2.76 bits per heavy atom. The molecule has 0 radical (unpaired) electrons. The Hall–Kier alpha value is -2.38. The van der Waals surface area contributed by atoms with E-state index in [1.807, 2.05) is 6.07 Å². The second kappa shape index (κ2) is 7.67. The van der Waals surface area contributed by atoms with Crippen LogP contribution in [0, 0.1) is 0 Å². The summed E-state index contributed by atoms with van der Waals surface area (Å²) in [6.45, 7) is 0.352. The van der Waals surface area contributed by atoms with Gasteiger partial charge >= 0.3 is 0 Å². The van der Waals surface area contributed by atoms with Gasteiger partial charge in [0.15, 0.2) is 0 Å². The van der Waals surface area contributed by atoms with Crippen molar-refractivity contribution in [2.75, 3.05) is 16.8 Å². The molecule has 2 heterocycles. The van der Waals surface area contributed by atoms with Crippen LogP contribution < -0.4 is 15.5 Å². The van der Waals surface area contributed by atoms with E-state index in [1.165, 1.54) is 16.2 Å². The summed E-state index contributed by atoms with van der Waals surface area (Å²) in [5, 5.41) is 5.49. The largest absolute Gasteiger partial charge is 0.351 e. The van der Waals surface area contributed by atoms with E-state index in [1.54, 1.807) is 30.3 Å². The third-order valence-corrected chi connectivity index (χ3v) is 4.96. The number of carbonyl (C=O) groups excluding carboxylic acids is 3. The first-order chi connectivity index (χ1) is 12.0. The maximum Gasteiger partial charge on any atom is 0.244 e. The van der Waals surface area contributed by atoms with Gasteiger partial charge < -0.3 is 15.5 Å². The van der Waals surface area contributed by atoms with Crippen molar-refractivity contribution in [2.45, 2.75) is 19.4 Å². The molecule has 0 saturated heterocycles. The second-order valence-electron chi connectivity index (χ2n) is 5.53. The summed E-state index contributed by atoms with van der Waals surface area (Å²) in [5.41, 5.74) is 1.26. The number of hydrogen-bond acceptors (Lipinski definition) is 4. The summed E-state index contributed by atoms with van der Waals surface area (Å²) in [7, 11) is 0. The Morgan fingerprint density at radius 2 is 2.00 bits per heavy atom. The molecule has 0 spiro atoms. The zero-order valence-electron chi connectivity index (χ0n) is 13.3. The first kappa shape index (κ1) is 17.4. The molecule has 0 aliphatic carbocycles. The lowest BCUT2D eigenvalue weighted by molar-refractivity contribution is -0.125. The highest BCUT2D eigenvalue weighted by Crippen LogP contribution is 2.29. The minimum absolute atomic E-state index is 0.0365. The average molecular weight is 378 g/mol. The molecule has 3 rings (SSSR count). The van der Waals surface area contributed by atoms with Gasteiger partial charge in [0.2, 0.25) is 17.7 Å². The number of benzene rings is 1. The number of nitrogens with zero attached hydrogens (tertiary/aromatic N) is 1. The van der Waals surface area contributed by atoms with Gasteiger partial charge in [-0.25, -0.2) is 0 Å². The third-order valence-electron chi connectivity index (χ3n) is 3.73. The van der Waals surface area contributed by atoms with Gasteiger partial charge in [-0.1, -0.05) is 23.7 Å². The zero-order chi connectivity index (χ0) is 17.8. The molecular formula is C17H16ClN3O3S. The van der Waals surface area contributed by atoms with E-state index >= 15 is 0 Å². The van der Waals surface area contributed by atoms with Crippen LogP contribution in [0.1, 0.15) is 17.7 Å². The standard InChI is InChI=1S/C17H16ClN3O3S/c18-14-6-5-11(25-14)9-19-15(22)7-8-17(24)21-10-16(23)20-12-3-1-2-4-13(12)21/h1-6H,7-10H2,(H,19,22)(H,20,23). The average Bonchev–Trinajstić information content (AvgIpc) is 3.02. The maximum absolute atomic E-state index is 12.4. The molecule has 2 aromatic rings. The highest BCUT2D eigenvalue weighted by atomic mass is 35.5. The lowest BCUT2D eigenvalue weighted by Gasteiger charge is -2.29. The lowest BCUT2D eigenvalue weighted by atomic mass is 10.1. The van der Waals surface area contributed by atoms with E-state index in [0.717, 1.165) is 4.88 Å². The molecule has 1 aromatic carbocycles. The number of rotatable bonds is 5. The zero-order valence-corrected chi connectivity index (χ0v) is 14.8. The molecule has 6 nitrogen and oxygen atoms in total. The molecule has 1 aromatic heterocycles. The fourth-order valence-electron chi connectivity index (χ4n) is 2.53. The SMILES string of the molecule is O=C(CCC(=O)N1CC(=O)Nc2ccccc21)NCc1ccc(Cl)s1. The molecule has 0 saturated carbocycles. The molecule has 3 amide bonds. The summed E-state index contributed by atoms with van der Waals surface area (Å²) >= 11 is 7.24. The molecule has 0 unspecified atom stereocenters. The minimum atomic E-state index is -0.253. The molecule has 130 valence electrons. The number of thiophene rings is 1. The Labute approximate surface area is 153 Å². The fraction of sp³-hybridized carbons (Fsp3) is 0.235. The topological polar surface area (TPSA) is 78.5 Å². The van der Waals surface area contributed by atoms with Crippen LogP contribution in [0.15, 0.2) is 36.4 Å². The summed E-state index contributed by atoms with van der Waals surface area (Å²) in [4.78, 5) is 38.5. The number of nitrogens with one attached hydrogen (secondary N) is 2. The third kappa shape index (κ3) is 4.37. The maximum atomic E-state index is 12.4. The van der Waals surface area contributed by atoms with E-state index in [9.17, 15) is 14.4 Å². The van der Waals surface area contributed by atoms with E-state index in [4.69, 9.17) is 11.6 Å². The number of amides is 3. The van der Waals surface area contributed by atoms with Crippen molar-refractivity contribution >= 4 is 52.0 Å². The van der Waals surface area contributed by atoms with Crippen molar-refractivity contribution in [1.29, 1.82) is 0 Å². The van der Waals surface area contributed by atoms with Gasteiger partial charge in [-0.3, -0.25) is 14.4 Å². The van der Waals surface area contributed by atoms with E-state index < -0.39 is 0 Å². The molecule has 8 heteroatoms. The van der Waals surface area contributed by atoms with E-state index in [2.05, 4.69) is 10.6 Å². The fourth-order valence-corrected chi connectivity index (χ4v) is 3.56. The Bertz CT molecular complexity index is 821. The van der Waals surface area contributed by atoms with Crippen LogP contribution in [-0.2, 0) is 20.9 Å². The first-order valence-electron chi connectivity index (χ1n) is 7.73. The van der Waals surface area contributed by atoms with Gasteiger partial charge in [0, 0.05) is 17.7 Å². The van der Waals surface area contributed by atoms with Gasteiger partial charge in [0.1, 0.15) is 6.54 Å². The smallest absolute Gasteiger partial charge is 0.244 e. The van der Waals surface area contributed by atoms with Crippen molar-refractivity contribution in [2.24, 2.45) is 0 Å². The quantitative estimate of drug-likeness (QED) is 0.841. The first-order valence-corrected chi connectivity index (χ1v) is 8.92. The van der Waals surface area contributed by atoms with Gasteiger partial charge in [-0.15, -0.1) is 11.3 Å². The summed E-state index contributed by atoms with van der Waals surface area (Å²) in [5.74, 6) is -0.713. The molecule has 1 aliphatic rings. The van der Waals surface area contributed by atoms with Crippen molar-refractivity contribution in [1.82, 2.24) is 5.32 Å². The summed E-state index contributed by atoms with van der Waals surface area (Å²) in [6, 6.07) is 10.7. The van der Waals surface area contributed by atoms with Crippen LogP contribution in [0.3, 0.4) is 0 Å². The van der Waals surface area contributed by atoms with Crippen molar-refractivity contribution in [3.63, 3.8) is 0 Å². The Balaban J connectivity index is 1.54. The van der Waals surface area contributed by atoms with Crippen LogP contribution in [0.5, 0.6) is 0 Å². The molecule has 25 heavy (non-hydrogen) atoms. The predicted octanol–water partition coefficient (Wildman–Crippen LogP) is 2.78. The Kier molecular flexibility index (Phi) is 5.35. The molecule has 0 bridgehead atoms. The molecule has 1 aliphatic heterocycles. The van der Waals surface area contributed by atoms with Crippen LogP contribution >= 0.6 is 22.9 Å². The van der Waals surface area contributed by atoms with Crippen LogP contribution in [0.2, 0.25) is 4.34 Å². The van der Waals surface area contributed by atoms with E-state index in [0.29, 0.717) is 22.3 Å². The van der Waals surface area contributed by atoms with Gasteiger partial charge in [0.25, 0.3) is 0 Å². The number of halogens is 1. The summed E-state index contributed by atoms with van der Waals surface area (Å²) in [6.07, 6.45) is 0.108. The normalized spacial score (nSPS) is 13.2. The number of para-hydroxylation sites is 2. The molecule has 0 atom stereocenters. The highest BCUT2D eigenvalue weighted by Gasteiger charge is 2.26. The van der Waals surface area contributed by atoms with Crippen LogP contribution in [-0.4, -0.2) is 24.3 Å². The number of carbonyl (C=O) groups is 3. The van der Waals surface area contributed by atoms with Gasteiger partial charge in [-0.2, -0.15) is 0 Å². The monoisotopic (exact) mass is 377 g/mol. The lowest BCUT2D eigenvalue weighted by Crippen LogP contribution is -2.42. The highest BCUT2D eigenvalue weighted by molar-refractivity contribution is 7.16. The molecule has 2 N–H and O–H groups in total. The van der Waals surface area contributed by atoms with Gasteiger partial charge in [0.05, 0.1) is 22.3 Å². The second-order valence-corrected chi connectivity index (χ2v) is 7.33. The van der Waals surface area contributed by atoms with Gasteiger partial charge in [-0.05, 0) is 24.3 Å². The van der Waals surface area contributed by atoms with Crippen LogP contribution in [0.4, 0.5) is 11.4 Å². The van der Waals surface area contributed by atoms with Crippen molar-refractivity contribution in [3.05, 3.63) is 45.6 Å². The molecular weight excluding hydrogens is 362 g/mol. The minimum Gasteiger partial charge on any atom is -0.351 e. The van der Waals surface area contributed by atoms with E-state index in [-0.39, 0.29) is 37.1 Å². The molecule has 0 fully saturated rings. The summed E-state index contributed by atoms with van der Waals surface area (Å²) < 4.78 is 0.668. The predicted molar refractivity (Wildman–Crippen MR) is 97.8 cm³/mol. The van der Waals surface area contributed by atoms with Crippen LogP contribution in [0.25, 0.3) is 0 Å². The number of anilines is 2. The number of hydrogen-bond donors (Lipinski definition) is 2.